The number of hydrogen-bond acceptors (Lipinski definition) is 2. The van der Waals surface area contributed by atoms with E-state index >= 15 is 0 Å². The molecule has 0 amide bonds. The van der Waals surface area contributed by atoms with E-state index in [1.165, 1.54) is 0 Å². The number of nitriles is 1. The molecule has 1 aliphatic rings. The van der Waals surface area contributed by atoms with E-state index in [9.17, 15) is 0 Å². The van der Waals surface area contributed by atoms with Gasteiger partial charge in [-0.25, -0.2) is 0 Å². The van der Waals surface area contributed by atoms with Crippen molar-refractivity contribution in [1.82, 2.24) is 0 Å². The second-order valence-electron chi connectivity index (χ2n) is 2.91. The zero-order chi connectivity index (χ0) is 11.1. The van der Waals surface area contributed by atoms with E-state index in [2.05, 4.69) is 25.0 Å². The first-order chi connectivity index (χ1) is 7.29. The summed E-state index contributed by atoms with van der Waals surface area (Å²) in [5, 5.41) is 8.42. The molecule has 0 unspecified atom stereocenters. The second kappa shape index (κ2) is 5.52. The van der Waals surface area contributed by atoms with Crippen molar-refractivity contribution in [3.05, 3.63) is 48.3 Å². The van der Waals surface area contributed by atoms with Crippen LogP contribution < -0.4 is 0 Å². The molecule has 0 saturated carbocycles. The predicted octanol–water partition coefficient (Wildman–Crippen LogP) is 2.83. The highest BCUT2D eigenvalue weighted by Crippen LogP contribution is 2.20. The van der Waals surface area contributed by atoms with Gasteiger partial charge in [-0.2, -0.15) is 0 Å². The van der Waals surface area contributed by atoms with Crippen molar-refractivity contribution in [3.63, 3.8) is 0 Å². The van der Waals surface area contributed by atoms with Crippen molar-refractivity contribution in [2.75, 3.05) is 0 Å². The Morgan fingerprint density at radius 1 is 1.73 bits per heavy atom. The van der Waals surface area contributed by atoms with Gasteiger partial charge < -0.3 is 4.74 Å². The van der Waals surface area contributed by atoms with Crippen molar-refractivity contribution in [1.29, 1.82) is 5.26 Å². The lowest BCUT2D eigenvalue weighted by molar-refractivity contribution is 0.389. The second-order valence-corrected chi connectivity index (χ2v) is 2.91. The molecule has 2 nitrogen and oxygen atoms in total. The Morgan fingerprint density at radius 3 is 3.20 bits per heavy atom. The molecular formula is C13H11NO. The van der Waals surface area contributed by atoms with Gasteiger partial charge >= 0.3 is 0 Å². The Balaban J connectivity index is 3.07. The van der Waals surface area contributed by atoms with Crippen LogP contribution in [0.1, 0.15) is 12.8 Å². The lowest BCUT2D eigenvalue weighted by Gasteiger charge is -2.05. The van der Waals surface area contributed by atoms with Crippen LogP contribution in [0.5, 0.6) is 0 Å². The molecule has 74 valence electrons. The van der Waals surface area contributed by atoms with Gasteiger partial charge in [-0.05, 0) is 6.42 Å². The van der Waals surface area contributed by atoms with Crippen molar-refractivity contribution in [3.8, 4) is 18.1 Å². The maximum atomic E-state index is 8.42. The van der Waals surface area contributed by atoms with Crippen molar-refractivity contribution < 1.29 is 4.74 Å². The first kappa shape index (κ1) is 10.9. The fourth-order valence-corrected chi connectivity index (χ4v) is 1.24. The lowest BCUT2D eigenvalue weighted by atomic mass is 10.0. The number of nitrogens with zero attached hydrogens (tertiary/aromatic N) is 1. The third-order valence-corrected chi connectivity index (χ3v) is 1.89. The summed E-state index contributed by atoms with van der Waals surface area (Å²) in [4.78, 5) is 0. The van der Waals surface area contributed by atoms with Crippen LogP contribution in [0.2, 0.25) is 0 Å². The van der Waals surface area contributed by atoms with Crippen LogP contribution in [0.3, 0.4) is 0 Å². The van der Waals surface area contributed by atoms with E-state index < -0.39 is 0 Å². The third kappa shape index (κ3) is 2.90. The van der Waals surface area contributed by atoms with Gasteiger partial charge in [0.15, 0.2) is 0 Å². The van der Waals surface area contributed by atoms with Crippen molar-refractivity contribution in [2.45, 2.75) is 12.8 Å². The number of allylic oxidation sites excluding steroid dienone is 4. The average molecular weight is 197 g/mol. The number of rotatable bonds is 4. The quantitative estimate of drug-likeness (QED) is 0.300. The van der Waals surface area contributed by atoms with E-state index in [0.29, 0.717) is 18.6 Å². The summed E-state index contributed by atoms with van der Waals surface area (Å²) in [5.74, 6) is 6.34. The molecule has 0 N–H and O–H groups in total. The van der Waals surface area contributed by atoms with Gasteiger partial charge in [0.1, 0.15) is 5.76 Å². The van der Waals surface area contributed by atoms with Gasteiger partial charge in [0.25, 0.3) is 6.26 Å². The minimum atomic E-state index is 0.335. The highest BCUT2D eigenvalue weighted by Gasteiger charge is 2.07. The summed E-state index contributed by atoms with van der Waals surface area (Å²) < 4.78 is 4.71. The van der Waals surface area contributed by atoms with Gasteiger partial charge in [-0.15, -0.1) is 11.8 Å². The summed E-state index contributed by atoms with van der Waals surface area (Å²) in [6.45, 7) is 7.35. The molecular weight excluding hydrogens is 186 g/mol. The molecule has 1 aliphatic carbocycles. The average Bonchev–Trinajstić information content (AvgIpc) is 2.44. The van der Waals surface area contributed by atoms with E-state index in [1.54, 1.807) is 12.3 Å². The molecule has 0 atom stereocenters. The van der Waals surface area contributed by atoms with E-state index in [4.69, 9.17) is 10.00 Å². The third-order valence-electron chi connectivity index (χ3n) is 1.89. The van der Waals surface area contributed by atoms with Crippen LogP contribution in [-0.2, 0) is 4.74 Å². The summed E-state index contributed by atoms with van der Waals surface area (Å²) in [7, 11) is 0. The molecule has 15 heavy (non-hydrogen) atoms. The summed E-state index contributed by atoms with van der Waals surface area (Å²) in [6.07, 6.45) is 8.51. The van der Waals surface area contributed by atoms with Gasteiger partial charge in [-0.3, -0.25) is 0 Å². The Labute approximate surface area is 89.9 Å². The topological polar surface area (TPSA) is 33.0 Å². The Hall–Kier alpha value is -2.19. The Bertz CT molecular complexity index is 435. The van der Waals surface area contributed by atoms with Gasteiger partial charge in [0, 0.05) is 17.6 Å². The Kier molecular flexibility index (Phi) is 4.01. The molecule has 0 radical (unpaired) electrons. The van der Waals surface area contributed by atoms with Crippen molar-refractivity contribution in [2.24, 2.45) is 0 Å². The zero-order valence-electron chi connectivity index (χ0n) is 8.42. The van der Waals surface area contributed by atoms with Crippen LogP contribution >= 0.6 is 0 Å². The van der Waals surface area contributed by atoms with Crippen LogP contribution in [0.25, 0.3) is 0 Å². The Morgan fingerprint density at radius 2 is 2.53 bits per heavy atom. The molecule has 0 heterocycles. The molecule has 0 saturated heterocycles. The summed E-state index contributed by atoms with van der Waals surface area (Å²) >= 11 is 0. The predicted molar refractivity (Wildman–Crippen MR) is 59.2 cm³/mol. The SMILES string of the molecule is C=CCC1=C(C(=C)OC#N)C=CCC#C1. The van der Waals surface area contributed by atoms with Crippen molar-refractivity contribution >= 4 is 0 Å². The molecule has 0 bridgehead atoms. The van der Waals surface area contributed by atoms with Crippen LogP contribution in [0, 0.1) is 23.4 Å². The minimum Gasteiger partial charge on any atom is -0.388 e. The van der Waals surface area contributed by atoms with Gasteiger partial charge in [0.05, 0.1) is 0 Å². The van der Waals surface area contributed by atoms with E-state index in [1.807, 2.05) is 12.2 Å². The minimum absolute atomic E-state index is 0.335. The molecule has 0 spiro atoms. The monoisotopic (exact) mass is 197 g/mol. The summed E-state index contributed by atoms with van der Waals surface area (Å²) in [5.41, 5.74) is 1.67. The molecule has 1 rings (SSSR count). The molecule has 0 aromatic rings. The van der Waals surface area contributed by atoms with Gasteiger partial charge in [0.2, 0.25) is 0 Å². The van der Waals surface area contributed by atoms with Crippen LogP contribution in [-0.4, -0.2) is 0 Å². The molecule has 0 fully saturated rings. The lowest BCUT2D eigenvalue weighted by Crippen LogP contribution is -1.92. The first-order valence-electron chi connectivity index (χ1n) is 4.54. The maximum Gasteiger partial charge on any atom is 0.292 e. The molecule has 0 aliphatic heterocycles. The van der Waals surface area contributed by atoms with Gasteiger partial charge in [-0.1, -0.05) is 36.6 Å². The van der Waals surface area contributed by atoms with E-state index in [0.717, 1.165) is 11.1 Å². The largest absolute Gasteiger partial charge is 0.388 e. The highest BCUT2D eigenvalue weighted by atomic mass is 16.5. The highest BCUT2D eigenvalue weighted by molar-refractivity contribution is 5.50. The molecule has 0 aromatic carbocycles. The fourth-order valence-electron chi connectivity index (χ4n) is 1.24. The van der Waals surface area contributed by atoms with E-state index in [-0.39, 0.29) is 0 Å². The normalized spacial score (nSPS) is 13.3. The molecule has 2 heteroatoms. The smallest absolute Gasteiger partial charge is 0.292 e. The summed E-state index contributed by atoms with van der Waals surface area (Å²) in [6, 6.07) is 0. The maximum absolute atomic E-state index is 8.42. The first-order valence-corrected chi connectivity index (χ1v) is 4.54. The number of hydrogen-bond donors (Lipinski definition) is 0. The zero-order valence-corrected chi connectivity index (χ0v) is 8.42. The standard InChI is InChI=1S/C13H11NO/c1-3-7-12-8-5-4-6-9-13(12)11(2)15-10-14/h3,6,9H,1-2,4,7H2. The number of ether oxygens (including phenoxy) is 1. The van der Waals surface area contributed by atoms with Crippen LogP contribution in [0.4, 0.5) is 0 Å². The molecule has 0 aromatic heterocycles. The van der Waals surface area contributed by atoms with Crippen LogP contribution in [0.15, 0.2) is 48.3 Å². The fraction of sp³-hybridized carbons (Fsp3) is 0.154.